The summed E-state index contributed by atoms with van der Waals surface area (Å²) in [7, 11) is 0. The molecule has 0 aromatic heterocycles. The quantitative estimate of drug-likeness (QED) is 0.809. The average molecular weight is 340 g/mol. The van der Waals surface area contributed by atoms with Crippen molar-refractivity contribution < 1.29 is 14.3 Å². The summed E-state index contributed by atoms with van der Waals surface area (Å²) in [5.74, 6) is -0.419. The van der Waals surface area contributed by atoms with Gasteiger partial charge in [-0.05, 0) is 38.5 Å². The fourth-order valence-corrected chi connectivity index (χ4v) is 2.39. The summed E-state index contributed by atoms with van der Waals surface area (Å²) < 4.78 is 5.08. The zero-order valence-electron chi connectivity index (χ0n) is 14.9. The van der Waals surface area contributed by atoms with Crippen LogP contribution in [0.5, 0.6) is 0 Å². The Labute approximate surface area is 148 Å². The predicted octanol–water partition coefficient (Wildman–Crippen LogP) is 3.98. The largest absolute Gasteiger partial charge is 0.464 e. The second kappa shape index (κ2) is 8.87. The first kappa shape index (κ1) is 18.5. The van der Waals surface area contributed by atoms with Gasteiger partial charge in [0.05, 0.1) is 6.61 Å². The number of nitrogens with zero attached hydrogens (tertiary/aromatic N) is 1. The first-order chi connectivity index (χ1) is 12.0. The predicted molar refractivity (Wildman–Crippen MR) is 98.3 cm³/mol. The molecule has 1 N–H and O–H groups in total. The maximum Gasteiger partial charge on any atom is 0.328 e. The van der Waals surface area contributed by atoms with Crippen molar-refractivity contribution in [2.24, 2.45) is 0 Å². The lowest BCUT2D eigenvalue weighted by molar-refractivity contribution is -0.147. The Kier molecular flexibility index (Phi) is 6.57. The monoisotopic (exact) mass is 340 g/mol. The Bertz CT molecular complexity index is 699. The molecule has 0 radical (unpaired) electrons. The number of esters is 1. The van der Waals surface area contributed by atoms with Crippen LogP contribution in [0, 0.1) is 6.92 Å². The van der Waals surface area contributed by atoms with Gasteiger partial charge in [-0.15, -0.1) is 0 Å². The first-order valence-electron chi connectivity index (χ1n) is 8.36. The van der Waals surface area contributed by atoms with Gasteiger partial charge in [-0.1, -0.05) is 48.0 Å². The van der Waals surface area contributed by atoms with Gasteiger partial charge in [0, 0.05) is 12.2 Å². The van der Waals surface area contributed by atoms with Crippen molar-refractivity contribution in [3.05, 3.63) is 65.7 Å². The molecule has 132 valence electrons. The summed E-state index contributed by atoms with van der Waals surface area (Å²) in [6, 6.07) is 16.0. The number of nitrogens with one attached hydrogen (secondary N) is 1. The molecular formula is C20H24N2O3. The van der Waals surface area contributed by atoms with Crippen molar-refractivity contribution in [1.29, 1.82) is 0 Å². The van der Waals surface area contributed by atoms with Crippen molar-refractivity contribution >= 4 is 17.7 Å². The van der Waals surface area contributed by atoms with Gasteiger partial charge >= 0.3 is 12.0 Å². The number of benzene rings is 2. The van der Waals surface area contributed by atoms with Gasteiger partial charge in [0.1, 0.15) is 6.04 Å². The van der Waals surface area contributed by atoms with Crippen LogP contribution < -0.4 is 5.32 Å². The van der Waals surface area contributed by atoms with Crippen molar-refractivity contribution in [2.45, 2.75) is 33.4 Å². The van der Waals surface area contributed by atoms with E-state index in [0.717, 1.165) is 11.1 Å². The zero-order valence-corrected chi connectivity index (χ0v) is 14.9. The van der Waals surface area contributed by atoms with Crippen LogP contribution >= 0.6 is 0 Å². The smallest absolute Gasteiger partial charge is 0.328 e. The summed E-state index contributed by atoms with van der Waals surface area (Å²) in [6.07, 6.45) is 0. The molecule has 0 bridgehead atoms. The molecule has 2 amide bonds. The van der Waals surface area contributed by atoms with E-state index in [1.54, 1.807) is 13.8 Å². The highest BCUT2D eigenvalue weighted by atomic mass is 16.5. The van der Waals surface area contributed by atoms with Crippen LogP contribution in [-0.2, 0) is 16.1 Å². The molecule has 0 saturated carbocycles. The van der Waals surface area contributed by atoms with Crippen LogP contribution in [-0.4, -0.2) is 29.5 Å². The highest BCUT2D eigenvalue weighted by Crippen LogP contribution is 2.14. The standard InChI is InChI=1S/C20H24N2O3/c1-4-25-19(23)16(3)22(14-17-8-6-5-7-9-17)20(24)21-18-12-10-15(2)11-13-18/h5-13,16H,4,14H2,1-3H3,(H,21,24). The third-order valence-electron chi connectivity index (χ3n) is 3.85. The highest BCUT2D eigenvalue weighted by molar-refractivity contribution is 5.92. The molecule has 0 aliphatic carbocycles. The number of carbonyl (C=O) groups excluding carboxylic acids is 2. The molecule has 0 aliphatic heterocycles. The topological polar surface area (TPSA) is 58.6 Å². The summed E-state index contributed by atoms with van der Waals surface area (Å²) in [6.45, 7) is 6.00. The van der Waals surface area contributed by atoms with E-state index < -0.39 is 12.0 Å². The third-order valence-corrected chi connectivity index (χ3v) is 3.85. The maximum absolute atomic E-state index is 12.8. The molecule has 0 heterocycles. The molecule has 5 nitrogen and oxygen atoms in total. The molecule has 5 heteroatoms. The molecule has 1 atom stereocenters. The lowest BCUT2D eigenvalue weighted by atomic mass is 10.2. The van der Waals surface area contributed by atoms with Crippen LogP contribution in [0.1, 0.15) is 25.0 Å². The molecule has 2 aromatic rings. The number of carbonyl (C=O) groups is 2. The van der Waals surface area contributed by atoms with Gasteiger partial charge in [-0.3, -0.25) is 0 Å². The minimum Gasteiger partial charge on any atom is -0.464 e. The van der Waals surface area contributed by atoms with Crippen molar-refractivity contribution in [2.75, 3.05) is 11.9 Å². The van der Waals surface area contributed by atoms with E-state index in [1.807, 2.05) is 61.5 Å². The van der Waals surface area contributed by atoms with Gasteiger partial charge in [-0.25, -0.2) is 9.59 Å². The molecule has 2 rings (SSSR count). The van der Waals surface area contributed by atoms with E-state index in [4.69, 9.17) is 4.74 Å². The molecule has 1 unspecified atom stereocenters. The molecule has 0 spiro atoms. The number of anilines is 1. The van der Waals surface area contributed by atoms with E-state index in [0.29, 0.717) is 12.2 Å². The van der Waals surface area contributed by atoms with E-state index in [1.165, 1.54) is 4.90 Å². The van der Waals surface area contributed by atoms with Gasteiger partial charge in [0.2, 0.25) is 0 Å². The Morgan fingerprint density at radius 3 is 2.32 bits per heavy atom. The summed E-state index contributed by atoms with van der Waals surface area (Å²) in [4.78, 5) is 26.4. The molecule has 0 fully saturated rings. The van der Waals surface area contributed by atoms with E-state index in [2.05, 4.69) is 5.32 Å². The number of hydrogen-bond acceptors (Lipinski definition) is 3. The van der Waals surface area contributed by atoms with Gasteiger partial charge < -0.3 is 15.0 Å². The molecule has 2 aromatic carbocycles. The molecule has 0 saturated heterocycles. The van der Waals surface area contributed by atoms with Crippen molar-refractivity contribution in [1.82, 2.24) is 4.90 Å². The molecule has 0 aliphatic rings. The number of urea groups is 1. The summed E-state index contributed by atoms with van der Waals surface area (Å²) in [5.41, 5.74) is 2.74. The van der Waals surface area contributed by atoms with Gasteiger partial charge in [-0.2, -0.15) is 0 Å². The number of amides is 2. The Hall–Kier alpha value is -2.82. The SMILES string of the molecule is CCOC(=O)C(C)N(Cc1ccccc1)C(=O)Nc1ccc(C)cc1. The minimum atomic E-state index is -0.689. The second-order valence-electron chi connectivity index (χ2n) is 5.84. The van der Waals surface area contributed by atoms with E-state index in [-0.39, 0.29) is 12.6 Å². The number of ether oxygens (including phenoxy) is 1. The van der Waals surface area contributed by atoms with Crippen LogP contribution in [0.25, 0.3) is 0 Å². The zero-order chi connectivity index (χ0) is 18.2. The van der Waals surface area contributed by atoms with Crippen LogP contribution in [0.3, 0.4) is 0 Å². The van der Waals surface area contributed by atoms with E-state index >= 15 is 0 Å². The number of aryl methyl sites for hydroxylation is 1. The lowest BCUT2D eigenvalue weighted by Gasteiger charge is -2.28. The summed E-state index contributed by atoms with van der Waals surface area (Å²) in [5, 5.41) is 2.85. The Balaban J connectivity index is 2.18. The maximum atomic E-state index is 12.8. The second-order valence-corrected chi connectivity index (χ2v) is 5.84. The summed E-state index contributed by atoms with van der Waals surface area (Å²) >= 11 is 0. The lowest BCUT2D eigenvalue weighted by Crippen LogP contribution is -2.45. The normalized spacial score (nSPS) is 11.5. The Morgan fingerprint density at radius 1 is 1.08 bits per heavy atom. The van der Waals surface area contributed by atoms with Gasteiger partial charge in [0.15, 0.2) is 0 Å². The third kappa shape index (κ3) is 5.35. The fraction of sp³-hybridized carbons (Fsp3) is 0.300. The molecule has 25 heavy (non-hydrogen) atoms. The van der Waals surface area contributed by atoms with Crippen molar-refractivity contribution in [3.8, 4) is 0 Å². The van der Waals surface area contributed by atoms with E-state index in [9.17, 15) is 9.59 Å². The van der Waals surface area contributed by atoms with Crippen LogP contribution in [0.15, 0.2) is 54.6 Å². The Morgan fingerprint density at radius 2 is 1.72 bits per heavy atom. The first-order valence-corrected chi connectivity index (χ1v) is 8.36. The van der Waals surface area contributed by atoms with Crippen LogP contribution in [0.4, 0.5) is 10.5 Å². The fourth-order valence-electron chi connectivity index (χ4n) is 2.39. The van der Waals surface area contributed by atoms with Gasteiger partial charge in [0.25, 0.3) is 0 Å². The highest BCUT2D eigenvalue weighted by Gasteiger charge is 2.27. The number of hydrogen-bond donors (Lipinski definition) is 1. The minimum absolute atomic E-state index is 0.280. The molecular weight excluding hydrogens is 316 g/mol. The van der Waals surface area contributed by atoms with Crippen molar-refractivity contribution in [3.63, 3.8) is 0 Å². The number of rotatable bonds is 6. The average Bonchev–Trinajstić information content (AvgIpc) is 2.62. The van der Waals surface area contributed by atoms with Crippen LogP contribution in [0.2, 0.25) is 0 Å².